The van der Waals surface area contributed by atoms with E-state index in [1.165, 1.54) is 0 Å². The van der Waals surface area contributed by atoms with Crippen LogP contribution in [-0.4, -0.2) is 28.9 Å². The highest BCUT2D eigenvalue weighted by molar-refractivity contribution is 5.39. The molecular weight excluding hydrogens is 204 g/mol. The Labute approximate surface area is 95.4 Å². The van der Waals surface area contributed by atoms with Crippen molar-refractivity contribution in [2.75, 3.05) is 18.9 Å². The Morgan fingerprint density at radius 3 is 3.12 bits per heavy atom. The number of nitrogens with two attached hydrogens (primary N) is 1. The van der Waals surface area contributed by atoms with Crippen LogP contribution in [0.2, 0.25) is 0 Å². The number of ether oxygens (including phenoxy) is 1. The summed E-state index contributed by atoms with van der Waals surface area (Å²) in [6, 6.07) is 3.77. The number of hydrogen-bond acceptors (Lipinski definition) is 4. The monoisotopic (exact) mass is 222 g/mol. The molecule has 1 aromatic rings. The summed E-state index contributed by atoms with van der Waals surface area (Å²) in [4.78, 5) is 4.03. The SMILES string of the molecule is Nc1ncccc1CC1(O)CCCOCC1. The molecule has 1 unspecified atom stereocenters. The molecule has 1 fully saturated rings. The van der Waals surface area contributed by atoms with E-state index in [1.807, 2.05) is 12.1 Å². The van der Waals surface area contributed by atoms with Gasteiger partial charge >= 0.3 is 0 Å². The van der Waals surface area contributed by atoms with Crippen LogP contribution in [0.1, 0.15) is 24.8 Å². The number of aliphatic hydroxyl groups is 1. The first-order chi connectivity index (χ1) is 7.70. The van der Waals surface area contributed by atoms with E-state index in [4.69, 9.17) is 10.5 Å². The summed E-state index contributed by atoms with van der Waals surface area (Å²) in [6.45, 7) is 1.36. The molecule has 1 saturated heterocycles. The maximum atomic E-state index is 10.5. The van der Waals surface area contributed by atoms with Crippen molar-refractivity contribution < 1.29 is 9.84 Å². The number of hydrogen-bond donors (Lipinski definition) is 2. The molecule has 0 amide bonds. The Morgan fingerprint density at radius 2 is 2.31 bits per heavy atom. The molecule has 1 aromatic heterocycles. The van der Waals surface area contributed by atoms with E-state index in [9.17, 15) is 5.11 Å². The van der Waals surface area contributed by atoms with Gasteiger partial charge in [0.2, 0.25) is 0 Å². The molecule has 4 nitrogen and oxygen atoms in total. The molecule has 2 rings (SSSR count). The third-order valence-electron chi connectivity index (χ3n) is 3.09. The lowest BCUT2D eigenvalue weighted by molar-refractivity contribution is 0.0189. The van der Waals surface area contributed by atoms with Gasteiger partial charge in [0, 0.05) is 25.8 Å². The third-order valence-corrected chi connectivity index (χ3v) is 3.09. The number of pyridine rings is 1. The zero-order valence-corrected chi connectivity index (χ0v) is 9.35. The maximum Gasteiger partial charge on any atom is 0.126 e. The maximum absolute atomic E-state index is 10.5. The average molecular weight is 222 g/mol. The second-order valence-corrected chi connectivity index (χ2v) is 4.41. The Bertz CT molecular complexity index is 347. The molecule has 0 aliphatic carbocycles. The van der Waals surface area contributed by atoms with Crippen LogP contribution in [0.15, 0.2) is 18.3 Å². The van der Waals surface area contributed by atoms with Crippen molar-refractivity contribution in [1.82, 2.24) is 4.98 Å². The average Bonchev–Trinajstić information content (AvgIpc) is 2.47. The van der Waals surface area contributed by atoms with Gasteiger partial charge in [-0.25, -0.2) is 4.98 Å². The highest BCUT2D eigenvalue weighted by atomic mass is 16.5. The van der Waals surface area contributed by atoms with E-state index in [1.54, 1.807) is 6.20 Å². The summed E-state index contributed by atoms with van der Waals surface area (Å²) in [5.74, 6) is 0.515. The molecule has 0 radical (unpaired) electrons. The lowest BCUT2D eigenvalue weighted by atomic mass is 9.88. The van der Waals surface area contributed by atoms with Gasteiger partial charge in [-0.05, 0) is 30.9 Å². The highest BCUT2D eigenvalue weighted by Crippen LogP contribution is 2.26. The van der Waals surface area contributed by atoms with E-state index < -0.39 is 5.60 Å². The predicted molar refractivity (Wildman–Crippen MR) is 62.0 cm³/mol. The summed E-state index contributed by atoms with van der Waals surface area (Å²) in [6.07, 6.45) is 4.56. The number of nitrogens with zero attached hydrogens (tertiary/aromatic N) is 1. The summed E-state index contributed by atoms with van der Waals surface area (Å²) in [7, 11) is 0. The smallest absolute Gasteiger partial charge is 0.126 e. The molecular formula is C12H18N2O2. The van der Waals surface area contributed by atoms with E-state index in [0.717, 1.165) is 25.0 Å². The molecule has 1 aliphatic heterocycles. The lowest BCUT2D eigenvalue weighted by Gasteiger charge is -2.26. The number of anilines is 1. The summed E-state index contributed by atoms with van der Waals surface area (Å²) in [5, 5.41) is 10.5. The van der Waals surface area contributed by atoms with Crippen LogP contribution >= 0.6 is 0 Å². The zero-order valence-electron chi connectivity index (χ0n) is 9.35. The lowest BCUT2D eigenvalue weighted by Crippen LogP contribution is -2.32. The Kier molecular flexibility index (Phi) is 3.41. The number of nitrogen functional groups attached to an aromatic ring is 1. The first kappa shape index (κ1) is 11.4. The van der Waals surface area contributed by atoms with Crippen LogP contribution < -0.4 is 5.73 Å². The van der Waals surface area contributed by atoms with Crippen molar-refractivity contribution in [1.29, 1.82) is 0 Å². The number of rotatable bonds is 2. The molecule has 2 heterocycles. The van der Waals surface area contributed by atoms with Gasteiger partial charge in [-0.2, -0.15) is 0 Å². The molecule has 0 spiro atoms. The molecule has 1 atom stereocenters. The summed E-state index contributed by atoms with van der Waals surface area (Å²) in [5.41, 5.74) is 6.02. The fraction of sp³-hybridized carbons (Fsp3) is 0.583. The van der Waals surface area contributed by atoms with Gasteiger partial charge in [-0.3, -0.25) is 0 Å². The fourth-order valence-electron chi connectivity index (χ4n) is 2.12. The third kappa shape index (κ3) is 2.71. The molecule has 0 saturated carbocycles. The van der Waals surface area contributed by atoms with Crippen LogP contribution in [0.3, 0.4) is 0 Å². The molecule has 0 aromatic carbocycles. The summed E-state index contributed by atoms with van der Waals surface area (Å²) >= 11 is 0. The van der Waals surface area contributed by atoms with Crippen LogP contribution in [-0.2, 0) is 11.2 Å². The fourth-order valence-corrected chi connectivity index (χ4v) is 2.12. The zero-order chi connectivity index (χ0) is 11.4. The van der Waals surface area contributed by atoms with E-state index in [2.05, 4.69) is 4.98 Å². The minimum Gasteiger partial charge on any atom is -0.389 e. The van der Waals surface area contributed by atoms with Gasteiger partial charge < -0.3 is 15.6 Å². The van der Waals surface area contributed by atoms with Gasteiger partial charge in [-0.1, -0.05) is 6.07 Å². The highest BCUT2D eigenvalue weighted by Gasteiger charge is 2.29. The minimum atomic E-state index is -0.687. The second kappa shape index (κ2) is 4.80. The molecule has 16 heavy (non-hydrogen) atoms. The predicted octanol–water partition coefficient (Wildman–Crippen LogP) is 1.14. The summed E-state index contributed by atoms with van der Waals surface area (Å²) < 4.78 is 5.35. The van der Waals surface area contributed by atoms with Crippen LogP contribution in [0.4, 0.5) is 5.82 Å². The standard InChI is InChI=1S/C12H18N2O2/c13-11-10(3-1-6-14-11)9-12(15)4-2-7-16-8-5-12/h1,3,6,15H,2,4-5,7-9H2,(H2,13,14). The first-order valence-electron chi connectivity index (χ1n) is 5.69. The van der Waals surface area contributed by atoms with Gasteiger partial charge in [0.05, 0.1) is 5.60 Å². The molecule has 0 bridgehead atoms. The van der Waals surface area contributed by atoms with Gasteiger partial charge in [-0.15, -0.1) is 0 Å². The van der Waals surface area contributed by atoms with Crippen LogP contribution in [0.5, 0.6) is 0 Å². The van der Waals surface area contributed by atoms with Crippen molar-refractivity contribution in [2.45, 2.75) is 31.3 Å². The Morgan fingerprint density at radius 1 is 1.44 bits per heavy atom. The van der Waals surface area contributed by atoms with E-state index >= 15 is 0 Å². The van der Waals surface area contributed by atoms with Gasteiger partial charge in [0.15, 0.2) is 0 Å². The van der Waals surface area contributed by atoms with Crippen LogP contribution in [0, 0.1) is 0 Å². The molecule has 3 N–H and O–H groups in total. The van der Waals surface area contributed by atoms with Crippen molar-refractivity contribution >= 4 is 5.82 Å². The van der Waals surface area contributed by atoms with Crippen molar-refractivity contribution in [3.63, 3.8) is 0 Å². The van der Waals surface area contributed by atoms with E-state index in [-0.39, 0.29) is 0 Å². The molecule has 88 valence electrons. The van der Waals surface area contributed by atoms with Crippen molar-refractivity contribution in [3.05, 3.63) is 23.9 Å². The normalized spacial score (nSPS) is 26.3. The van der Waals surface area contributed by atoms with Crippen LogP contribution in [0.25, 0.3) is 0 Å². The quantitative estimate of drug-likeness (QED) is 0.787. The molecule has 4 heteroatoms. The van der Waals surface area contributed by atoms with Gasteiger partial charge in [0.25, 0.3) is 0 Å². The van der Waals surface area contributed by atoms with Crippen molar-refractivity contribution in [3.8, 4) is 0 Å². The number of aromatic nitrogens is 1. The minimum absolute atomic E-state index is 0.515. The topological polar surface area (TPSA) is 68.4 Å². The first-order valence-corrected chi connectivity index (χ1v) is 5.69. The molecule has 1 aliphatic rings. The van der Waals surface area contributed by atoms with Crippen molar-refractivity contribution in [2.24, 2.45) is 0 Å². The van der Waals surface area contributed by atoms with Gasteiger partial charge in [0.1, 0.15) is 5.82 Å². The Hall–Kier alpha value is -1.13. The second-order valence-electron chi connectivity index (χ2n) is 4.41. The van der Waals surface area contributed by atoms with E-state index in [0.29, 0.717) is 25.3 Å². The largest absolute Gasteiger partial charge is 0.389 e. The Balaban J connectivity index is 2.10.